The van der Waals surface area contributed by atoms with Crippen LogP contribution in [0, 0.1) is 13.5 Å². The maximum absolute atomic E-state index is 13.3. The van der Waals surface area contributed by atoms with Crippen molar-refractivity contribution in [2.45, 2.75) is 31.2 Å². The van der Waals surface area contributed by atoms with Crippen LogP contribution in [0.3, 0.4) is 0 Å². The first-order chi connectivity index (χ1) is 14.9. The van der Waals surface area contributed by atoms with E-state index in [9.17, 15) is 13.2 Å². The standard InChI is InChI=1S/C22H23N5O3S2/c1-15-12-16(10-11-19(15)23-4)26-20(28)22(2,3)27(21(26)31)17-8-7-9-18(13-17)32(29,30)24-14-25(5)6/h7-14H,1-3,5-6H3/b24-14+. The number of anilines is 2. The lowest BCUT2D eigenvalue weighted by molar-refractivity contribution is -0.120. The van der Waals surface area contributed by atoms with E-state index in [2.05, 4.69) is 9.24 Å². The fourth-order valence-electron chi connectivity index (χ4n) is 3.36. The van der Waals surface area contributed by atoms with Gasteiger partial charge in [0.25, 0.3) is 15.9 Å². The van der Waals surface area contributed by atoms with Crippen LogP contribution >= 0.6 is 12.2 Å². The summed E-state index contributed by atoms with van der Waals surface area (Å²) in [6.45, 7) is 12.5. The van der Waals surface area contributed by atoms with Crippen LogP contribution in [0.5, 0.6) is 0 Å². The summed E-state index contributed by atoms with van der Waals surface area (Å²) < 4.78 is 28.9. The highest BCUT2D eigenvalue weighted by Gasteiger charge is 2.50. The molecule has 0 bridgehead atoms. The number of hydrogen-bond donors (Lipinski definition) is 0. The van der Waals surface area contributed by atoms with E-state index < -0.39 is 15.6 Å². The molecule has 1 fully saturated rings. The van der Waals surface area contributed by atoms with Gasteiger partial charge in [-0.05, 0) is 68.9 Å². The van der Waals surface area contributed by atoms with E-state index >= 15 is 0 Å². The highest BCUT2D eigenvalue weighted by molar-refractivity contribution is 7.90. The van der Waals surface area contributed by atoms with E-state index in [1.807, 2.05) is 0 Å². The van der Waals surface area contributed by atoms with Gasteiger partial charge in [-0.2, -0.15) is 8.42 Å². The maximum Gasteiger partial charge on any atom is 0.283 e. The molecule has 2 aromatic rings. The zero-order chi connectivity index (χ0) is 23.8. The minimum absolute atomic E-state index is 0.00477. The normalized spacial score (nSPS) is 16.0. The van der Waals surface area contributed by atoms with Crippen molar-refractivity contribution < 1.29 is 13.2 Å². The number of amides is 1. The SMILES string of the molecule is [C-]#[N+]c1ccc(N2C(=O)C(C)(C)N(c3cccc(S(=O)(=O)/N=C/N(C)C)c3)C2=S)cc1C. The predicted molar refractivity (Wildman–Crippen MR) is 130 cm³/mol. The highest BCUT2D eigenvalue weighted by Crippen LogP contribution is 2.38. The third-order valence-corrected chi connectivity index (χ3v) is 6.60. The molecule has 32 heavy (non-hydrogen) atoms. The summed E-state index contributed by atoms with van der Waals surface area (Å²) in [5.74, 6) is -0.253. The number of hydrogen-bond acceptors (Lipinski definition) is 4. The lowest BCUT2D eigenvalue weighted by Crippen LogP contribution is -2.44. The number of nitrogens with zero attached hydrogens (tertiary/aromatic N) is 5. The van der Waals surface area contributed by atoms with Gasteiger partial charge in [-0.1, -0.05) is 12.1 Å². The summed E-state index contributed by atoms with van der Waals surface area (Å²) >= 11 is 5.66. The van der Waals surface area contributed by atoms with Gasteiger partial charge in [-0.3, -0.25) is 9.69 Å². The van der Waals surface area contributed by atoms with Gasteiger partial charge < -0.3 is 9.80 Å². The zero-order valence-corrected chi connectivity index (χ0v) is 20.0. The predicted octanol–water partition coefficient (Wildman–Crippen LogP) is 3.74. The van der Waals surface area contributed by atoms with E-state index in [1.165, 1.54) is 28.3 Å². The molecule has 0 saturated carbocycles. The molecule has 3 rings (SSSR count). The molecule has 10 heteroatoms. The van der Waals surface area contributed by atoms with Crippen LogP contribution in [0.2, 0.25) is 0 Å². The molecule has 166 valence electrons. The Kier molecular flexibility index (Phi) is 6.09. The molecular formula is C22H23N5O3S2. The highest BCUT2D eigenvalue weighted by atomic mass is 32.2. The maximum atomic E-state index is 13.3. The molecule has 0 aliphatic carbocycles. The van der Waals surface area contributed by atoms with Crippen LogP contribution in [0.15, 0.2) is 51.8 Å². The van der Waals surface area contributed by atoms with Crippen molar-refractivity contribution >= 4 is 56.7 Å². The summed E-state index contributed by atoms with van der Waals surface area (Å²) in [5.41, 5.74) is 1.19. The molecule has 0 radical (unpaired) electrons. The number of rotatable bonds is 5. The second-order valence-electron chi connectivity index (χ2n) is 8.06. The largest absolute Gasteiger partial charge is 0.368 e. The fourth-order valence-corrected chi connectivity index (χ4v) is 4.84. The molecule has 1 amide bonds. The summed E-state index contributed by atoms with van der Waals surface area (Å²) in [4.78, 5) is 21.4. The fraction of sp³-hybridized carbons (Fsp3) is 0.273. The lowest BCUT2D eigenvalue weighted by Gasteiger charge is -2.29. The quantitative estimate of drug-likeness (QED) is 0.287. The number of thiocarbonyl (C=S) groups is 1. The van der Waals surface area contributed by atoms with Gasteiger partial charge in [-0.25, -0.2) is 4.85 Å². The average molecular weight is 470 g/mol. The van der Waals surface area contributed by atoms with Crippen molar-refractivity contribution in [1.29, 1.82) is 0 Å². The van der Waals surface area contributed by atoms with Gasteiger partial charge in [0, 0.05) is 25.5 Å². The monoisotopic (exact) mass is 469 g/mol. The van der Waals surface area contributed by atoms with Crippen molar-refractivity contribution in [3.05, 3.63) is 59.4 Å². The first-order valence-corrected chi connectivity index (χ1v) is 11.5. The molecule has 1 saturated heterocycles. The van der Waals surface area contributed by atoms with Gasteiger partial charge in [0.1, 0.15) is 11.9 Å². The van der Waals surface area contributed by atoms with Crippen molar-refractivity contribution in [3.63, 3.8) is 0 Å². The molecule has 0 atom stereocenters. The zero-order valence-electron chi connectivity index (χ0n) is 18.4. The third kappa shape index (κ3) is 4.09. The number of sulfonamides is 1. The molecule has 8 nitrogen and oxygen atoms in total. The summed E-state index contributed by atoms with van der Waals surface area (Å²) in [6.07, 6.45) is 1.22. The number of carbonyl (C=O) groups excluding carboxylic acids is 1. The third-order valence-electron chi connectivity index (χ3n) is 5.02. The minimum Gasteiger partial charge on any atom is -0.368 e. The van der Waals surface area contributed by atoms with E-state index in [0.717, 1.165) is 5.56 Å². The van der Waals surface area contributed by atoms with Gasteiger partial charge >= 0.3 is 0 Å². The molecule has 0 aromatic heterocycles. The average Bonchev–Trinajstić information content (AvgIpc) is 2.90. The Morgan fingerprint density at radius 2 is 1.84 bits per heavy atom. The summed E-state index contributed by atoms with van der Waals surface area (Å²) in [5, 5.41) is 0.223. The van der Waals surface area contributed by atoms with Crippen LogP contribution in [0.25, 0.3) is 4.85 Å². The van der Waals surface area contributed by atoms with Crippen molar-refractivity contribution in [1.82, 2.24) is 4.90 Å². The van der Waals surface area contributed by atoms with E-state index in [0.29, 0.717) is 17.1 Å². The topological polar surface area (TPSA) is 77.6 Å². The van der Waals surface area contributed by atoms with Crippen molar-refractivity contribution in [2.24, 2.45) is 4.40 Å². The first kappa shape index (κ1) is 23.4. The number of aryl methyl sites for hydroxylation is 1. The molecule has 0 spiro atoms. The second-order valence-corrected chi connectivity index (χ2v) is 10.1. The van der Waals surface area contributed by atoms with Crippen LogP contribution < -0.4 is 9.80 Å². The molecule has 0 N–H and O–H groups in total. The van der Waals surface area contributed by atoms with E-state index in [4.69, 9.17) is 18.8 Å². The Hall–Kier alpha value is -3.29. The molecule has 1 aliphatic heterocycles. The molecule has 2 aromatic carbocycles. The van der Waals surface area contributed by atoms with Gasteiger partial charge in [0.05, 0.1) is 11.5 Å². The van der Waals surface area contributed by atoms with Gasteiger partial charge in [-0.15, -0.1) is 4.40 Å². The Morgan fingerprint density at radius 1 is 1.16 bits per heavy atom. The van der Waals surface area contributed by atoms with Gasteiger partial charge in [0.15, 0.2) is 10.8 Å². The Balaban J connectivity index is 2.06. The smallest absolute Gasteiger partial charge is 0.283 e. The lowest BCUT2D eigenvalue weighted by atomic mass is 10.0. The minimum atomic E-state index is -3.92. The van der Waals surface area contributed by atoms with Crippen LogP contribution in [-0.4, -0.2) is 50.3 Å². The molecular weight excluding hydrogens is 446 g/mol. The van der Waals surface area contributed by atoms with Crippen molar-refractivity contribution in [2.75, 3.05) is 23.9 Å². The van der Waals surface area contributed by atoms with E-state index in [-0.39, 0.29) is 15.9 Å². The molecule has 0 unspecified atom stereocenters. The summed E-state index contributed by atoms with van der Waals surface area (Å²) in [7, 11) is -0.576. The molecule has 1 heterocycles. The number of carbonyl (C=O) groups is 1. The second kappa shape index (κ2) is 8.33. The van der Waals surface area contributed by atoms with Crippen LogP contribution in [-0.2, 0) is 14.8 Å². The Labute approximate surface area is 193 Å². The number of benzene rings is 2. The van der Waals surface area contributed by atoms with Gasteiger partial charge in [0.2, 0.25) is 0 Å². The molecule has 1 aliphatic rings. The first-order valence-electron chi connectivity index (χ1n) is 9.64. The van der Waals surface area contributed by atoms with Crippen LogP contribution in [0.4, 0.5) is 17.1 Å². The Bertz CT molecular complexity index is 1280. The van der Waals surface area contributed by atoms with Crippen molar-refractivity contribution in [3.8, 4) is 0 Å². The van der Waals surface area contributed by atoms with Crippen LogP contribution in [0.1, 0.15) is 19.4 Å². The van der Waals surface area contributed by atoms with E-state index in [1.54, 1.807) is 70.1 Å². The summed E-state index contributed by atoms with van der Waals surface area (Å²) in [6, 6.07) is 11.3. The Morgan fingerprint density at radius 3 is 2.44 bits per heavy atom.